The quantitative estimate of drug-likeness (QED) is 0.663. The average molecular weight is 416 g/mol. The Morgan fingerprint density at radius 1 is 1.20 bits per heavy atom. The number of oxazole rings is 1. The van der Waals surface area contributed by atoms with Gasteiger partial charge >= 0.3 is 0 Å². The maximum atomic E-state index is 12.4. The second kappa shape index (κ2) is 9.46. The summed E-state index contributed by atoms with van der Waals surface area (Å²) in [5.41, 5.74) is 1.19. The van der Waals surface area contributed by atoms with E-state index in [1.807, 2.05) is 25.1 Å². The van der Waals surface area contributed by atoms with Gasteiger partial charge in [0, 0.05) is 39.3 Å². The molecule has 2 aliphatic heterocycles. The van der Waals surface area contributed by atoms with Gasteiger partial charge in [-0.25, -0.2) is 4.98 Å². The Bertz CT molecular complexity index is 863. The van der Waals surface area contributed by atoms with Crippen molar-refractivity contribution < 1.29 is 23.8 Å². The molecule has 4 rings (SSSR count). The first kappa shape index (κ1) is 20.6. The summed E-state index contributed by atoms with van der Waals surface area (Å²) in [5, 5.41) is 12.6. The van der Waals surface area contributed by atoms with Gasteiger partial charge in [0.25, 0.3) is 5.91 Å². The van der Waals surface area contributed by atoms with E-state index in [0.29, 0.717) is 30.5 Å². The number of piperazine rings is 1. The predicted octanol–water partition coefficient (Wildman–Crippen LogP) is 1.22. The van der Waals surface area contributed by atoms with Crippen molar-refractivity contribution in [3.63, 3.8) is 0 Å². The number of amides is 1. The summed E-state index contributed by atoms with van der Waals surface area (Å²) < 4.78 is 16.2. The van der Waals surface area contributed by atoms with Crippen molar-refractivity contribution in [1.82, 2.24) is 20.1 Å². The molecule has 9 heteroatoms. The summed E-state index contributed by atoms with van der Waals surface area (Å²) >= 11 is 0. The third kappa shape index (κ3) is 5.10. The van der Waals surface area contributed by atoms with E-state index < -0.39 is 0 Å². The number of β-amino-alcohol motifs (C(OH)–C–C–N with tert-alkyl or cyclic N) is 1. The molecule has 162 valence electrons. The number of aromatic nitrogens is 1. The molecule has 1 aromatic carbocycles. The zero-order chi connectivity index (χ0) is 20.9. The van der Waals surface area contributed by atoms with Crippen LogP contribution in [-0.4, -0.2) is 71.4 Å². The minimum Gasteiger partial charge on any atom is -0.454 e. The van der Waals surface area contributed by atoms with E-state index in [1.165, 1.54) is 6.26 Å². The van der Waals surface area contributed by atoms with E-state index in [9.17, 15) is 9.90 Å². The fourth-order valence-electron chi connectivity index (χ4n) is 3.56. The number of aliphatic hydroxyl groups is 1. The lowest BCUT2D eigenvalue weighted by Crippen LogP contribution is -2.48. The van der Waals surface area contributed by atoms with E-state index in [2.05, 4.69) is 20.1 Å². The minimum atomic E-state index is -0.277. The fraction of sp³-hybridized carbons (Fsp3) is 0.524. The van der Waals surface area contributed by atoms with Crippen molar-refractivity contribution in [2.24, 2.45) is 0 Å². The lowest BCUT2D eigenvalue weighted by atomic mass is 10.2. The minimum absolute atomic E-state index is 0.225. The van der Waals surface area contributed by atoms with Crippen LogP contribution in [0.2, 0.25) is 0 Å². The van der Waals surface area contributed by atoms with E-state index in [1.54, 1.807) is 0 Å². The summed E-state index contributed by atoms with van der Waals surface area (Å²) in [6.07, 6.45) is 1.91. The monoisotopic (exact) mass is 416 g/mol. The number of nitrogens with one attached hydrogen (secondary N) is 1. The lowest BCUT2D eigenvalue weighted by molar-refractivity contribution is 0.0658. The molecule has 0 spiro atoms. The Kier molecular flexibility index (Phi) is 6.51. The predicted molar refractivity (Wildman–Crippen MR) is 108 cm³/mol. The van der Waals surface area contributed by atoms with Crippen LogP contribution in [0.1, 0.15) is 35.3 Å². The molecule has 3 heterocycles. The molecule has 9 nitrogen and oxygen atoms in total. The molecule has 1 aromatic heterocycles. The third-order valence-corrected chi connectivity index (χ3v) is 5.44. The lowest BCUT2D eigenvalue weighted by Gasteiger charge is -2.34. The number of aliphatic hydroxyl groups excluding tert-OH is 1. The number of hydrogen-bond donors (Lipinski definition) is 2. The number of benzene rings is 1. The van der Waals surface area contributed by atoms with Crippen LogP contribution in [0, 0.1) is 0 Å². The third-order valence-electron chi connectivity index (χ3n) is 5.44. The molecule has 1 unspecified atom stereocenters. The van der Waals surface area contributed by atoms with Crippen molar-refractivity contribution in [2.75, 3.05) is 39.5 Å². The molecule has 1 fully saturated rings. The summed E-state index contributed by atoms with van der Waals surface area (Å²) in [6.45, 7) is 7.44. The van der Waals surface area contributed by atoms with E-state index in [0.717, 1.165) is 44.7 Å². The van der Waals surface area contributed by atoms with Crippen molar-refractivity contribution in [3.05, 3.63) is 41.6 Å². The van der Waals surface area contributed by atoms with Crippen LogP contribution < -0.4 is 14.8 Å². The number of ether oxygens (including phenoxy) is 2. The van der Waals surface area contributed by atoms with Crippen LogP contribution in [-0.2, 0) is 13.1 Å². The Morgan fingerprint density at radius 2 is 1.97 bits per heavy atom. The first-order valence-electron chi connectivity index (χ1n) is 10.3. The number of carbonyl (C=O) groups excluding carboxylic acids is 1. The van der Waals surface area contributed by atoms with Crippen LogP contribution >= 0.6 is 0 Å². The second-order valence-corrected chi connectivity index (χ2v) is 7.64. The topological polar surface area (TPSA) is 100 Å². The molecule has 0 bridgehead atoms. The zero-order valence-corrected chi connectivity index (χ0v) is 17.2. The molecule has 1 amide bonds. The molecule has 2 aromatic rings. The number of nitrogens with zero attached hydrogens (tertiary/aromatic N) is 3. The summed E-state index contributed by atoms with van der Waals surface area (Å²) in [4.78, 5) is 21.3. The average Bonchev–Trinajstić information content (AvgIpc) is 3.42. The second-order valence-electron chi connectivity index (χ2n) is 7.64. The smallest absolute Gasteiger partial charge is 0.273 e. The van der Waals surface area contributed by atoms with Gasteiger partial charge in [0.2, 0.25) is 12.7 Å². The van der Waals surface area contributed by atoms with Gasteiger partial charge in [0.1, 0.15) is 6.26 Å². The molecule has 0 saturated carbocycles. The van der Waals surface area contributed by atoms with Gasteiger partial charge in [0.15, 0.2) is 17.2 Å². The van der Waals surface area contributed by atoms with Crippen molar-refractivity contribution in [2.45, 2.75) is 32.5 Å². The van der Waals surface area contributed by atoms with Crippen LogP contribution in [0.25, 0.3) is 0 Å². The first-order valence-corrected chi connectivity index (χ1v) is 10.3. The van der Waals surface area contributed by atoms with Crippen LogP contribution in [0.4, 0.5) is 0 Å². The van der Waals surface area contributed by atoms with E-state index >= 15 is 0 Å². The number of carbonyl (C=O) groups is 1. The zero-order valence-electron chi connectivity index (χ0n) is 17.2. The Morgan fingerprint density at radius 3 is 2.77 bits per heavy atom. The maximum Gasteiger partial charge on any atom is 0.273 e. The van der Waals surface area contributed by atoms with Gasteiger partial charge in [0.05, 0.1) is 12.6 Å². The normalized spacial score (nSPS) is 17.8. The Hall–Kier alpha value is -2.62. The summed E-state index contributed by atoms with van der Waals surface area (Å²) in [6, 6.07) is 5.58. The highest BCUT2D eigenvalue weighted by Gasteiger charge is 2.21. The Balaban J connectivity index is 1.23. The van der Waals surface area contributed by atoms with Gasteiger partial charge in [-0.3, -0.25) is 14.6 Å². The molecule has 1 atom stereocenters. The van der Waals surface area contributed by atoms with Gasteiger partial charge in [-0.2, -0.15) is 0 Å². The molecule has 0 radical (unpaired) electrons. The molecule has 1 saturated heterocycles. The molecule has 2 N–H and O–H groups in total. The van der Waals surface area contributed by atoms with Crippen LogP contribution in [0.5, 0.6) is 11.5 Å². The van der Waals surface area contributed by atoms with E-state index in [4.69, 9.17) is 13.9 Å². The highest BCUT2D eigenvalue weighted by Crippen LogP contribution is 2.32. The van der Waals surface area contributed by atoms with Gasteiger partial charge in [-0.1, -0.05) is 13.0 Å². The molecular formula is C21H28N4O5. The van der Waals surface area contributed by atoms with Crippen molar-refractivity contribution in [3.8, 4) is 11.5 Å². The van der Waals surface area contributed by atoms with Crippen LogP contribution in [0.15, 0.2) is 28.9 Å². The number of hydrogen-bond acceptors (Lipinski definition) is 8. The number of rotatable bonds is 8. The van der Waals surface area contributed by atoms with Crippen LogP contribution in [0.3, 0.4) is 0 Å². The highest BCUT2D eigenvalue weighted by atomic mass is 16.7. The largest absolute Gasteiger partial charge is 0.454 e. The first-order chi connectivity index (χ1) is 14.6. The highest BCUT2D eigenvalue weighted by molar-refractivity contribution is 5.91. The molecular weight excluding hydrogens is 388 g/mol. The molecule has 0 aliphatic carbocycles. The summed E-state index contributed by atoms with van der Waals surface area (Å²) in [7, 11) is 0. The van der Waals surface area contributed by atoms with Gasteiger partial charge in [-0.05, 0) is 24.1 Å². The standard InChI is InChI=1S/C21H28N4O5/c1-2-16(26)11-24-5-7-25(8-6-24)12-20-23-17(13-28-20)21(27)22-10-15-3-4-18-19(9-15)30-14-29-18/h3-4,9,13,16,26H,2,5-8,10-12,14H2,1H3,(H,22,27). The van der Waals surface area contributed by atoms with Crippen molar-refractivity contribution >= 4 is 5.91 Å². The maximum absolute atomic E-state index is 12.4. The van der Waals surface area contributed by atoms with Crippen molar-refractivity contribution in [1.29, 1.82) is 0 Å². The Labute approximate surface area is 175 Å². The summed E-state index contributed by atoms with van der Waals surface area (Å²) in [5.74, 6) is 1.66. The SMILES string of the molecule is CCC(O)CN1CCN(Cc2nc(C(=O)NCc3ccc4c(c3)OCO4)co2)CC1. The van der Waals surface area contributed by atoms with E-state index in [-0.39, 0.29) is 24.5 Å². The van der Waals surface area contributed by atoms with Gasteiger partial charge in [-0.15, -0.1) is 0 Å². The molecule has 2 aliphatic rings. The number of fused-ring (bicyclic) bond motifs is 1. The fourth-order valence-corrected chi connectivity index (χ4v) is 3.56. The van der Waals surface area contributed by atoms with Gasteiger partial charge < -0.3 is 24.3 Å². The molecule has 30 heavy (non-hydrogen) atoms.